The molecule has 0 N–H and O–H groups in total. The Balaban J connectivity index is 1.98. The molecule has 1 fully saturated rings. The van der Waals surface area contributed by atoms with Gasteiger partial charge in [0, 0.05) is 12.6 Å². The van der Waals surface area contributed by atoms with Crippen LogP contribution in [0, 0.1) is 0 Å². The van der Waals surface area contributed by atoms with Gasteiger partial charge < -0.3 is 0 Å². The quantitative estimate of drug-likeness (QED) is 0.676. The maximum atomic E-state index is 11.3. The summed E-state index contributed by atoms with van der Waals surface area (Å²) in [4.78, 5) is 0. The average Bonchev–Trinajstić information content (AvgIpc) is 2.54. The van der Waals surface area contributed by atoms with Crippen LogP contribution in [0.4, 0.5) is 0 Å². The maximum absolute atomic E-state index is 11.3. The van der Waals surface area contributed by atoms with Crippen LogP contribution in [0.3, 0.4) is 0 Å². The molecule has 0 amide bonds. The zero-order valence-corrected chi connectivity index (χ0v) is 7.65. The highest BCUT2D eigenvalue weighted by molar-refractivity contribution is 5.16. The number of hydrogen-bond donors (Lipinski definition) is 0. The second-order valence-electron chi connectivity index (χ2n) is 3.63. The molecule has 0 bridgehead atoms. The molecular weight excluding hydrogens is 162 g/mol. The van der Waals surface area contributed by atoms with Gasteiger partial charge in [0.2, 0.25) is 0 Å². The van der Waals surface area contributed by atoms with E-state index in [4.69, 9.17) is 0 Å². The Morgan fingerprint density at radius 3 is 2.69 bits per heavy atom. The Kier molecular flexibility index (Phi) is 2.62. The summed E-state index contributed by atoms with van der Waals surface area (Å²) in [6, 6.07) is 10.5. The minimum Gasteiger partial charge on any atom is -0.152 e. The van der Waals surface area contributed by atoms with E-state index >= 15 is 0 Å². The van der Waals surface area contributed by atoms with E-state index in [9.17, 15) is 5.21 Å². The molecule has 1 unspecified atom stereocenters. The number of benzene rings is 1. The minimum atomic E-state index is 0.224. The molecule has 1 atom stereocenters. The Morgan fingerprint density at radius 2 is 2.08 bits per heavy atom. The van der Waals surface area contributed by atoms with Crippen molar-refractivity contribution in [2.45, 2.75) is 25.3 Å². The van der Waals surface area contributed by atoms with Gasteiger partial charge in [-0.1, -0.05) is 30.3 Å². The lowest BCUT2D eigenvalue weighted by atomic mass is 10.1. The van der Waals surface area contributed by atoms with Crippen molar-refractivity contribution in [1.82, 2.24) is 5.06 Å². The Labute approximate surface area is 78.8 Å². The molecule has 0 spiro atoms. The topological polar surface area (TPSA) is 23.1 Å². The van der Waals surface area contributed by atoms with E-state index in [2.05, 4.69) is 12.1 Å². The fourth-order valence-corrected chi connectivity index (χ4v) is 1.90. The molecule has 1 radical (unpaired) electrons. The lowest BCUT2D eigenvalue weighted by molar-refractivity contribution is -0.166. The van der Waals surface area contributed by atoms with Gasteiger partial charge in [-0.2, -0.15) is 5.06 Å². The number of nitrogens with zero attached hydrogens (tertiary/aromatic N) is 1. The Hall–Kier alpha value is -0.860. The molecule has 69 valence electrons. The van der Waals surface area contributed by atoms with Crippen LogP contribution >= 0.6 is 0 Å². The third kappa shape index (κ3) is 2.08. The van der Waals surface area contributed by atoms with Gasteiger partial charge in [0.05, 0.1) is 0 Å². The van der Waals surface area contributed by atoms with Gasteiger partial charge >= 0.3 is 0 Å². The molecule has 1 heterocycles. The van der Waals surface area contributed by atoms with E-state index in [1.165, 1.54) is 10.6 Å². The van der Waals surface area contributed by atoms with Gasteiger partial charge in [-0.25, -0.2) is 0 Å². The molecule has 1 aliphatic rings. The zero-order chi connectivity index (χ0) is 9.10. The normalized spacial score (nSPS) is 23.6. The minimum absolute atomic E-state index is 0.224. The van der Waals surface area contributed by atoms with Gasteiger partial charge in [-0.3, -0.25) is 0 Å². The smallest absolute Gasteiger partial charge is 0.0424 e. The summed E-state index contributed by atoms with van der Waals surface area (Å²) in [6.45, 7) is 0.720. The molecular formula is C11H14NO. The number of hydrogen-bond acceptors (Lipinski definition) is 1. The highest BCUT2D eigenvalue weighted by atomic mass is 16.5. The third-order valence-electron chi connectivity index (χ3n) is 2.64. The first kappa shape index (κ1) is 8.73. The van der Waals surface area contributed by atoms with Crippen molar-refractivity contribution in [3.63, 3.8) is 0 Å². The van der Waals surface area contributed by atoms with Gasteiger partial charge in [-0.05, 0) is 24.8 Å². The highest BCUT2D eigenvalue weighted by Gasteiger charge is 2.23. The van der Waals surface area contributed by atoms with Crippen LogP contribution in [0.15, 0.2) is 30.3 Å². The maximum Gasteiger partial charge on any atom is 0.0424 e. The van der Waals surface area contributed by atoms with Crippen molar-refractivity contribution >= 4 is 0 Å². The van der Waals surface area contributed by atoms with Crippen molar-refractivity contribution in [2.24, 2.45) is 0 Å². The van der Waals surface area contributed by atoms with Gasteiger partial charge in [0.15, 0.2) is 0 Å². The first-order chi connectivity index (χ1) is 6.36. The van der Waals surface area contributed by atoms with E-state index in [0.717, 1.165) is 25.8 Å². The van der Waals surface area contributed by atoms with Crippen LogP contribution in [0.25, 0.3) is 0 Å². The molecule has 1 aliphatic heterocycles. The zero-order valence-electron chi connectivity index (χ0n) is 7.65. The van der Waals surface area contributed by atoms with Crippen LogP contribution in [0.2, 0.25) is 0 Å². The van der Waals surface area contributed by atoms with E-state index in [0.29, 0.717) is 0 Å². The van der Waals surface area contributed by atoms with Crippen molar-refractivity contribution in [3.05, 3.63) is 35.9 Å². The van der Waals surface area contributed by atoms with E-state index in [1.807, 2.05) is 18.2 Å². The molecule has 0 aliphatic carbocycles. The molecule has 1 saturated heterocycles. The predicted molar refractivity (Wildman–Crippen MR) is 50.6 cm³/mol. The lowest BCUT2D eigenvalue weighted by Gasteiger charge is -2.14. The molecule has 2 heteroatoms. The molecule has 0 aromatic heterocycles. The first-order valence-electron chi connectivity index (χ1n) is 4.84. The van der Waals surface area contributed by atoms with Crippen LogP contribution in [0.1, 0.15) is 18.4 Å². The van der Waals surface area contributed by atoms with Gasteiger partial charge in [0.1, 0.15) is 0 Å². The van der Waals surface area contributed by atoms with E-state index < -0.39 is 0 Å². The lowest BCUT2D eigenvalue weighted by Crippen LogP contribution is -2.26. The molecule has 13 heavy (non-hydrogen) atoms. The first-order valence-corrected chi connectivity index (χ1v) is 4.84. The Morgan fingerprint density at radius 1 is 1.31 bits per heavy atom. The molecule has 2 nitrogen and oxygen atoms in total. The molecule has 1 aromatic carbocycles. The van der Waals surface area contributed by atoms with Crippen molar-refractivity contribution in [3.8, 4) is 0 Å². The second kappa shape index (κ2) is 3.90. The van der Waals surface area contributed by atoms with Gasteiger partial charge in [-0.15, -0.1) is 5.21 Å². The molecule has 2 rings (SSSR count). The summed E-state index contributed by atoms with van der Waals surface area (Å²) >= 11 is 0. The van der Waals surface area contributed by atoms with Gasteiger partial charge in [0.25, 0.3) is 0 Å². The summed E-state index contributed by atoms with van der Waals surface area (Å²) in [6.07, 6.45) is 3.02. The largest absolute Gasteiger partial charge is 0.152 e. The summed E-state index contributed by atoms with van der Waals surface area (Å²) in [5.41, 5.74) is 1.27. The predicted octanol–water partition coefficient (Wildman–Crippen LogP) is 2.04. The Bertz CT molecular complexity index is 260. The van der Waals surface area contributed by atoms with E-state index in [1.54, 1.807) is 0 Å². The van der Waals surface area contributed by atoms with Crippen molar-refractivity contribution in [2.75, 3.05) is 6.54 Å². The van der Waals surface area contributed by atoms with Crippen LogP contribution < -0.4 is 0 Å². The van der Waals surface area contributed by atoms with Crippen molar-refractivity contribution in [1.29, 1.82) is 0 Å². The average molecular weight is 176 g/mol. The monoisotopic (exact) mass is 176 g/mol. The highest BCUT2D eigenvalue weighted by Crippen LogP contribution is 2.18. The standard InChI is InChI=1S/C11H14NO/c13-12-8-4-7-11(12)9-10-5-2-1-3-6-10/h1-3,5-6,11H,4,7-9H2. The van der Waals surface area contributed by atoms with E-state index in [-0.39, 0.29) is 6.04 Å². The fraction of sp³-hybridized carbons (Fsp3) is 0.455. The second-order valence-corrected chi connectivity index (χ2v) is 3.63. The summed E-state index contributed by atoms with van der Waals surface area (Å²) in [5.74, 6) is 0. The van der Waals surface area contributed by atoms with Crippen LogP contribution in [-0.2, 0) is 11.6 Å². The third-order valence-corrected chi connectivity index (χ3v) is 2.64. The van der Waals surface area contributed by atoms with Crippen molar-refractivity contribution < 1.29 is 5.21 Å². The summed E-state index contributed by atoms with van der Waals surface area (Å²) in [5, 5.41) is 12.5. The molecule has 1 aromatic rings. The van der Waals surface area contributed by atoms with Crippen LogP contribution in [0.5, 0.6) is 0 Å². The SMILES string of the molecule is [O]N1CCCC1Cc1ccccc1. The summed E-state index contributed by atoms with van der Waals surface area (Å²) in [7, 11) is 0. The summed E-state index contributed by atoms with van der Waals surface area (Å²) < 4.78 is 0. The number of hydroxylamine groups is 2. The molecule has 0 saturated carbocycles. The number of rotatable bonds is 2. The fourth-order valence-electron chi connectivity index (χ4n) is 1.90. The van der Waals surface area contributed by atoms with Crippen LogP contribution in [-0.4, -0.2) is 17.6 Å².